The molecule has 2 aliphatic rings. The number of nitrogens with one attached hydrogen (secondary N) is 3. The van der Waals surface area contributed by atoms with Crippen molar-refractivity contribution < 1.29 is 9.59 Å². The molecule has 0 bridgehead atoms. The SMILES string of the molecule is CCC(C)(C)NC(=O)c1ccc(NCC(=O)NC(C2CC2)C2CC2)cc1Cl. The molecule has 2 saturated carbocycles. The maximum absolute atomic E-state index is 12.4. The van der Waals surface area contributed by atoms with Crippen LogP contribution in [0.25, 0.3) is 0 Å². The molecule has 2 amide bonds. The average Bonchev–Trinajstić information content (AvgIpc) is 3.50. The smallest absolute Gasteiger partial charge is 0.253 e. The lowest BCUT2D eigenvalue weighted by molar-refractivity contribution is -0.120. The largest absolute Gasteiger partial charge is 0.376 e. The summed E-state index contributed by atoms with van der Waals surface area (Å²) in [5.41, 5.74) is 0.890. The van der Waals surface area contributed by atoms with Crippen molar-refractivity contribution in [3.63, 3.8) is 0 Å². The van der Waals surface area contributed by atoms with E-state index in [-0.39, 0.29) is 23.9 Å². The Labute approximate surface area is 166 Å². The van der Waals surface area contributed by atoms with Crippen molar-refractivity contribution in [3.05, 3.63) is 28.8 Å². The van der Waals surface area contributed by atoms with Crippen LogP contribution in [0.15, 0.2) is 18.2 Å². The van der Waals surface area contributed by atoms with Gasteiger partial charge in [0.2, 0.25) is 5.91 Å². The Bertz CT molecular complexity index is 699. The van der Waals surface area contributed by atoms with E-state index in [4.69, 9.17) is 11.6 Å². The van der Waals surface area contributed by atoms with Gasteiger partial charge in [-0.05, 0) is 76.0 Å². The molecule has 2 aliphatic carbocycles. The molecule has 3 rings (SSSR count). The Morgan fingerprint density at radius 1 is 1.19 bits per heavy atom. The first-order valence-electron chi connectivity index (χ1n) is 9.94. The minimum absolute atomic E-state index is 0.0152. The van der Waals surface area contributed by atoms with Gasteiger partial charge in [-0.15, -0.1) is 0 Å². The summed E-state index contributed by atoms with van der Waals surface area (Å²) in [4.78, 5) is 24.7. The lowest BCUT2D eigenvalue weighted by atomic mass is 10.0. The Morgan fingerprint density at radius 3 is 2.33 bits per heavy atom. The van der Waals surface area contributed by atoms with Crippen LogP contribution in [0.3, 0.4) is 0 Å². The van der Waals surface area contributed by atoms with Crippen LogP contribution in [0.4, 0.5) is 5.69 Å². The Morgan fingerprint density at radius 2 is 1.81 bits per heavy atom. The summed E-state index contributed by atoms with van der Waals surface area (Å²) >= 11 is 6.29. The third-order valence-electron chi connectivity index (χ3n) is 5.59. The van der Waals surface area contributed by atoms with Gasteiger partial charge in [0.1, 0.15) is 0 Å². The summed E-state index contributed by atoms with van der Waals surface area (Å²) in [7, 11) is 0. The van der Waals surface area contributed by atoms with Crippen molar-refractivity contribution in [2.45, 2.75) is 64.5 Å². The number of hydrogen-bond donors (Lipinski definition) is 3. The third kappa shape index (κ3) is 5.61. The van der Waals surface area contributed by atoms with Crippen LogP contribution < -0.4 is 16.0 Å². The number of halogens is 1. The van der Waals surface area contributed by atoms with Crippen molar-refractivity contribution in [2.24, 2.45) is 11.8 Å². The zero-order valence-electron chi connectivity index (χ0n) is 16.4. The van der Waals surface area contributed by atoms with E-state index in [0.29, 0.717) is 28.5 Å². The molecule has 0 spiro atoms. The monoisotopic (exact) mass is 391 g/mol. The van der Waals surface area contributed by atoms with Crippen LogP contribution in [-0.4, -0.2) is 29.9 Å². The Hall–Kier alpha value is -1.75. The fraction of sp³-hybridized carbons (Fsp3) is 0.619. The molecule has 3 N–H and O–H groups in total. The van der Waals surface area contributed by atoms with Crippen molar-refractivity contribution in [2.75, 3.05) is 11.9 Å². The quantitative estimate of drug-likeness (QED) is 0.596. The molecule has 0 atom stereocenters. The molecular weight excluding hydrogens is 362 g/mol. The van der Waals surface area contributed by atoms with Gasteiger partial charge in [0, 0.05) is 17.3 Å². The second kappa shape index (κ2) is 8.09. The molecule has 0 aliphatic heterocycles. The van der Waals surface area contributed by atoms with E-state index in [2.05, 4.69) is 16.0 Å². The van der Waals surface area contributed by atoms with Gasteiger partial charge in [-0.1, -0.05) is 18.5 Å². The van der Waals surface area contributed by atoms with Crippen LogP contribution in [-0.2, 0) is 4.79 Å². The van der Waals surface area contributed by atoms with Crippen LogP contribution in [0.2, 0.25) is 5.02 Å². The Kier molecular flexibility index (Phi) is 5.99. The van der Waals surface area contributed by atoms with Gasteiger partial charge < -0.3 is 16.0 Å². The first-order chi connectivity index (χ1) is 12.8. The van der Waals surface area contributed by atoms with Gasteiger partial charge in [0.15, 0.2) is 0 Å². The third-order valence-corrected chi connectivity index (χ3v) is 5.90. The predicted molar refractivity (Wildman–Crippen MR) is 109 cm³/mol. The fourth-order valence-corrected chi connectivity index (χ4v) is 3.49. The van der Waals surface area contributed by atoms with Crippen LogP contribution in [0, 0.1) is 11.8 Å². The fourth-order valence-electron chi connectivity index (χ4n) is 3.22. The van der Waals surface area contributed by atoms with Crippen molar-refractivity contribution >= 4 is 29.1 Å². The second-order valence-corrected chi connectivity index (χ2v) is 8.92. The number of amides is 2. The van der Waals surface area contributed by atoms with Crippen LogP contribution in [0.1, 0.15) is 63.2 Å². The van der Waals surface area contributed by atoms with Gasteiger partial charge >= 0.3 is 0 Å². The van der Waals surface area contributed by atoms with Crippen molar-refractivity contribution in [1.82, 2.24) is 10.6 Å². The summed E-state index contributed by atoms with van der Waals surface area (Å²) in [6, 6.07) is 5.53. The van der Waals surface area contributed by atoms with E-state index in [1.54, 1.807) is 18.2 Å². The molecule has 148 valence electrons. The first-order valence-corrected chi connectivity index (χ1v) is 10.3. The minimum Gasteiger partial charge on any atom is -0.376 e. The maximum Gasteiger partial charge on any atom is 0.253 e. The van der Waals surface area contributed by atoms with E-state index in [0.717, 1.165) is 12.1 Å². The summed E-state index contributed by atoms with van der Waals surface area (Å²) < 4.78 is 0. The molecule has 0 unspecified atom stereocenters. The molecular formula is C21H30ClN3O2. The number of hydrogen-bond acceptors (Lipinski definition) is 3. The molecule has 0 radical (unpaired) electrons. The van der Waals surface area contributed by atoms with Crippen molar-refractivity contribution in [3.8, 4) is 0 Å². The molecule has 27 heavy (non-hydrogen) atoms. The normalized spacial score (nSPS) is 16.9. The van der Waals surface area contributed by atoms with Gasteiger partial charge in [-0.3, -0.25) is 9.59 Å². The topological polar surface area (TPSA) is 70.2 Å². The standard InChI is InChI=1S/C21H30ClN3O2/c1-4-21(2,3)25-20(27)16-10-9-15(11-17(16)22)23-12-18(26)24-19(13-5-6-13)14-7-8-14/h9-11,13-14,19,23H,4-8,12H2,1-3H3,(H,24,26)(H,25,27). The second-order valence-electron chi connectivity index (χ2n) is 8.51. The zero-order valence-corrected chi connectivity index (χ0v) is 17.2. The van der Waals surface area contributed by atoms with E-state index in [9.17, 15) is 9.59 Å². The minimum atomic E-state index is -0.283. The summed E-state index contributed by atoms with van der Waals surface area (Å²) in [6.45, 7) is 6.19. The highest BCUT2D eigenvalue weighted by Gasteiger charge is 2.42. The van der Waals surface area contributed by atoms with Crippen molar-refractivity contribution in [1.29, 1.82) is 0 Å². The van der Waals surface area contributed by atoms with Gasteiger partial charge in [-0.25, -0.2) is 0 Å². The van der Waals surface area contributed by atoms with E-state index in [1.165, 1.54) is 25.7 Å². The summed E-state index contributed by atoms with van der Waals surface area (Å²) in [5, 5.41) is 9.65. The summed E-state index contributed by atoms with van der Waals surface area (Å²) in [6.07, 6.45) is 5.78. The number of rotatable bonds is 9. The lowest BCUT2D eigenvalue weighted by Gasteiger charge is -2.24. The molecule has 0 aromatic heterocycles. The number of anilines is 1. The van der Waals surface area contributed by atoms with E-state index < -0.39 is 0 Å². The molecule has 5 nitrogen and oxygen atoms in total. The molecule has 1 aromatic rings. The zero-order chi connectivity index (χ0) is 19.6. The first kappa shape index (κ1) is 20.0. The van der Waals surface area contributed by atoms with Crippen LogP contribution >= 0.6 is 11.6 Å². The highest BCUT2D eigenvalue weighted by atomic mass is 35.5. The maximum atomic E-state index is 12.4. The number of benzene rings is 1. The number of carbonyl (C=O) groups excluding carboxylic acids is 2. The predicted octanol–water partition coefficient (Wildman–Crippen LogP) is 3.98. The molecule has 6 heteroatoms. The lowest BCUT2D eigenvalue weighted by Crippen LogP contribution is -2.42. The molecule has 0 saturated heterocycles. The van der Waals surface area contributed by atoms with Gasteiger partial charge in [0.25, 0.3) is 5.91 Å². The van der Waals surface area contributed by atoms with E-state index >= 15 is 0 Å². The van der Waals surface area contributed by atoms with Gasteiger partial charge in [-0.2, -0.15) is 0 Å². The molecule has 0 heterocycles. The van der Waals surface area contributed by atoms with Gasteiger partial charge in [0.05, 0.1) is 17.1 Å². The highest BCUT2D eigenvalue weighted by molar-refractivity contribution is 6.34. The highest BCUT2D eigenvalue weighted by Crippen LogP contribution is 2.44. The molecule has 1 aromatic carbocycles. The van der Waals surface area contributed by atoms with E-state index in [1.807, 2.05) is 20.8 Å². The van der Waals surface area contributed by atoms with Crippen LogP contribution in [0.5, 0.6) is 0 Å². The Balaban J connectivity index is 1.52. The average molecular weight is 392 g/mol. The number of carbonyl (C=O) groups is 2. The molecule has 2 fully saturated rings. The summed E-state index contributed by atoms with van der Waals surface area (Å²) in [5.74, 6) is 1.19.